The van der Waals surface area contributed by atoms with Gasteiger partial charge in [-0.15, -0.1) is 5.92 Å². The van der Waals surface area contributed by atoms with Crippen molar-refractivity contribution in [2.24, 2.45) is 17.8 Å². The molecule has 0 amide bonds. The quantitative estimate of drug-likeness (QED) is 0.709. The summed E-state index contributed by atoms with van der Waals surface area (Å²) >= 11 is 0. The van der Waals surface area contributed by atoms with E-state index < -0.39 is 0 Å². The van der Waals surface area contributed by atoms with E-state index in [0.717, 1.165) is 19.3 Å². The minimum Gasteiger partial charge on any atom is -0.372 e. The van der Waals surface area contributed by atoms with Gasteiger partial charge in [0.05, 0.1) is 24.4 Å². The van der Waals surface area contributed by atoms with Crippen LogP contribution in [-0.2, 0) is 9.47 Å². The van der Waals surface area contributed by atoms with E-state index in [-0.39, 0.29) is 18.3 Å². The van der Waals surface area contributed by atoms with Crippen molar-refractivity contribution in [3.63, 3.8) is 0 Å². The van der Waals surface area contributed by atoms with E-state index >= 15 is 0 Å². The molecule has 0 aromatic carbocycles. The van der Waals surface area contributed by atoms with Gasteiger partial charge in [0.1, 0.15) is 0 Å². The molecule has 0 aromatic rings. The maximum Gasteiger partial charge on any atom is 0.0869 e. The molecule has 2 heteroatoms. The molecule has 2 aliphatic rings. The number of fused-ring (bicyclic) bond motifs is 1. The number of ether oxygens (including phenoxy) is 2. The molecule has 2 saturated heterocycles. The van der Waals surface area contributed by atoms with Gasteiger partial charge in [-0.1, -0.05) is 26.7 Å². The molecular formula is C17H28O2. The Morgan fingerprint density at radius 2 is 1.89 bits per heavy atom. The maximum absolute atomic E-state index is 6.35. The fraction of sp³-hybridized carbons (Fsp3) is 0.882. The first kappa shape index (κ1) is 14.9. The Kier molecular flexibility index (Phi) is 4.92. The van der Waals surface area contributed by atoms with Gasteiger partial charge in [0.25, 0.3) is 0 Å². The Morgan fingerprint density at radius 1 is 1.16 bits per heavy atom. The summed E-state index contributed by atoms with van der Waals surface area (Å²) in [5.41, 5.74) is 0. The minimum absolute atomic E-state index is 0.255. The fourth-order valence-electron chi connectivity index (χ4n) is 3.61. The summed E-state index contributed by atoms with van der Waals surface area (Å²) in [7, 11) is 0. The lowest BCUT2D eigenvalue weighted by Gasteiger charge is -2.49. The molecule has 0 unspecified atom stereocenters. The monoisotopic (exact) mass is 264 g/mol. The molecule has 0 aliphatic carbocycles. The van der Waals surface area contributed by atoms with Gasteiger partial charge in [-0.3, -0.25) is 0 Å². The Labute approximate surface area is 118 Å². The van der Waals surface area contributed by atoms with Gasteiger partial charge < -0.3 is 9.47 Å². The molecule has 2 fully saturated rings. The number of hydrogen-bond acceptors (Lipinski definition) is 2. The third kappa shape index (κ3) is 2.98. The molecule has 7 atom stereocenters. The zero-order valence-electron chi connectivity index (χ0n) is 13.0. The first-order valence-electron chi connectivity index (χ1n) is 7.81. The smallest absolute Gasteiger partial charge is 0.0869 e. The third-order valence-electron chi connectivity index (χ3n) is 5.01. The molecular weight excluding hydrogens is 236 g/mol. The molecule has 0 N–H and O–H groups in total. The van der Waals surface area contributed by atoms with Gasteiger partial charge in [0.2, 0.25) is 0 Å². The van der Waals surface area contributed by atoms with E-state index in [0.29, 0.717) is 23.9 Å². The van der Waals surface area contributed by atoms with E-state index in [4.69, 9.17) is 9.47 Å². The van der Waals surface area contributed by atoms with Gasteiger partial charge in [0.15, 0.2) is 0 Å². The predicted molar refractivity (Wildman–Crippen MR) is 77.8 cm³/mol. The molecule has 2 rings (SSSR count). The van der Waals surface area contributed by atoms with E-state index in [2.05, 4.69) is 39.5 Å². The van der Waals surface area contributed by atoms with Crippen LogP contribution in [0.3, 0.4) is 0 Å². The molecule has 0 spiro atoms. The van der Waals surface area contributed by atoms with E-state index in [1.807, 2.05) is 6.92 Å². The highest BCUT2D eigenvalue weighted by Gasteiger charge is 2.46. The predicted octanol–water partition coefficient (Wildman–Crippen LogP) is 3.64. The summed E-state index contributed by atoms with van der Waals surface area (Å²) in [5.74, 6) is 7.67. The van der Waals surface area contributed by atoms with Crippen LogP contribution in [0.15, 0.2) is 0 Å². The summed E-state index contributed by atoms with van der Waals surface area (Å²) in [6.45, 7) is 10.9. The van der Waals surface area contributed by atoms with Crippen molar-refractivity contribution < 1.29 is 9.47 Å². The van der Waals surface area contributed by atoms with Crippen molar-refractivity contribution in [1.29, 1.82) is 0 Å². The Balaban J connectivity index is 2.09. The van der Waals surface area contributed by atoms with Crippen LogP contribution < -0.4 is 0 Å². The van der Waals surface area contributed by atoms with Gasteiger partial charge in [0, 0.05) is 5.92 Å². The van der Waals surface area contributed by atoms with Crippen LogP contribution in [0.4, 0.5) is 0 Å². The molecule has 0 aromatic heterocycles. The normalized spacial score (nSPS) is 43.8. The van der Waals surface area contributed by atoms with Crippen LogP contribution in [0.25, 0.3) is 0 Å². The Hall–Kier alpha value is -0.520. The standard InChI is InChI=1S/C17H28O2/c1-6-8-11(3)16-12(4)13(5)17-15(19-16)10-9-14(7-2)18-17/h11-17H,7,9-10H2,1-5H3/t11-,12-,13+,14-,15-,16-,17+/m0/s1. The fourth-order valence-corrected chi connectivity index (χ4v) is 3.61. The second kappa shape index (κ2) is 6.29. The van der Waals surface area contributed by atoms with Crippen molar-refractivity contribution in [3.05, 3.63) is 0 Å². The molecule has 0 radical (unpaired) electrons. The highest BCUT2D eigenvalue weighted by Crippen LogP contribution is 2.40. The summed E-state index contributed by atoms with van der Waals surface area (Å²) in [6, 6.07) is 0. The van der Waals surface area contributed by atoms with Gasteiger partial charge in [-0.05, 0) is 44.9 Å². The van der Waals surface area contributed by atoms with Crippen LogP contribution in [0.2, 0.25) is 0 Å². The highest BCUT2D eigenvalue weighted by molar-refractivity contribution is 5.05. The first-order valence-corrected chi connectivity index (χ1v) is 7.81. The van der Waals surface area contributed by atoms with Gasteiger partial charge in [-0.25, -0.2) is 0 Å². The van der Waals surface area contributed by atoms with Crippen molar-refractivity contribution in [1.82, 2.24) is 0 Å². The number of rotatable bonds is 2. The molecule has 108 valence electrons. The SMILES string of the molecule is CC#C[C@H](C)[C@@H]1O[C@H]2CC[C@H](CC)O[C@@H]2[C@H](C)[C@@H]1C. The van der Waals surface area contributed by atoms with Gasteiger partial charge in [-0.2, -0.15) is 0 Å². The van der Waals surface area contributed by atoms with Crippen LogP contribution in [0.5, 0.6) is 0 Å². The molecule has 2 nitrogen and oxygen atoms in total. The van der Waals surface area contributed by atoms with E-state index in [1.54, 1.807) is 0 Å². The average Bonchev–Trinajstić information content (AvgIpc) is 2.42. The largest absolute Gasteiger partial charge is 0.372 e. The second-order valence-corrected chi connectivity index (χ2v) is 6.25. The zero-order valence-corrected chi connectivity index (χ0v) is 13.0. The molecule has 19 heavy (non-hydrogen) atoms. The van der Waals surface area contributed by atoms with E-state index in [1.165, 1.54) is 0 Å². The van der Waals surface area contributed by atoms with Crippen LogP contribution in [-0.4, -0.2) is 24.4 Å². The lowest BCUT2D eigenvalue weighted by molar-refractivity contribution is -0.231. The summed E-state index contributed by atoms with van der Waals surface area (Å²) < 4.78 is 12.6. The molecule has 2 heterocycles. The van der Waals surface area contributed by atoms with Crippen molar-refractivity contribution >= 4 is 0 Å². The van der Waals surface area contributed by atoms with Crippen LogP contribution >= 0.6 is 0 Å². The minimum atomic E-state index is 0.255. The van der Waals surface area contributed by atoms with Crippen molar-refractivity contribution in [3.8, 4) is 11.8 Å². The molecule has 0 bridgehead atoms. The zero-order chi connectivity index (χ0) is 14.0. The van der Waals surface area contributed by atoms with Crippen molar-refractivity contribution in [2.75, 3.05) is 0 Å². The second-order valence-electron chi connectivity index (χ2n) is 6.25. The molecule has 2 aliphatic heterocycles. The third-order valence-corrected chi connectivity index (χ3v) is 5.01. The van der Waals surface area contributed by atoms with Gasteiger partial charge >= 0.3 is 0 Å². The number of hydrogen-bond donors (Lipinski definition) is 0. The van der Waals surface area contributed by atoms with Crippen LogP contribution in [0.1, 0.15) is 53.9 Å². The lowest BCUT2D eigenvalue weighted by atomic mass is 9.75. The first-order chi connectivity index (χ1) is 9.08. The Bertz CT molecular complexity index is 352. The highest BCUT2D eigenvalue weighted by atomic mass is 16.6. The van der Waals surface area contributed by atoms with Crippen molar-refractivity contribution in [2.45, 2.75) is 78.3 Å². The van der Waals surface area contributed by atoms with E-state index in [9.17, 15) is 0 Å². The topological polar surface area (TPSA) is 18.5 Å². The summed E-state index contributed by atoms with van der Waals surface area (Å²) in [4.78, 5) is 0. The lowest BCUT2D eigenvalue weighted by Crippen LogP contribution is -2.55. The summed E-state index contributed by atoms with van der Waals surface area (Å²) in [6.07, 6.45) is 4.65. The van der Waals surface area contributed by atoms with Crippen LogP contribution in [0, 0.1) is 29.6 Å². The molecule has 0 saturated carbocycles. The summed E-state index contributed by atoms with van der Waals surface area (Å²) in [5, 5.41) is 0. The maximum atomic E-state index is 6.35. The average molecular weight is 264 g/mol. The Morgan fingerprint density at radius 3 is 2.53 bits per heavy atom.